The fraction of sp³-hybridized carbons (Fsp3) is 0. The van der Waals surface area contributed by atoms with Gasteiger partial charge >= 0.3 is 0 Å². The Balaban J connectivity index is 1.02. The van der Waals surface area contributed by atoms with Gasteiger partial charge in [0.2, 0.25) is 0 Å². The summed E-state index contributed by atoms with van der Waals surface area (Å²) in [7, 11) is 0. The van der Waals surface area contributed by atoms with E-state index in [0.717, 1.165) is 16.7 Å². The van der Waals surface area contributed by atoms with Gasteiger partial charge in [-0.2, -0.15) is 0 Å². The van der Waals surface area contributed by atoms with Crippen molar-refractivity contribution in [3.05, 3.63) is 182 Å². The summed E-state index contributed by atoms with van der Waals surface area (Å²) in [6, 6.07) is 65.0. The van der Waals surface area contributed by atoms with Crippen LogP contribution in [0.15, 0.2) is 182 Å². The first-order valence-electron chi connectivity index (χ1n) is 19.0. The van der Waals surface area contributed by atoms with Gasteiger partial charge in [0.1, 0.15) is 0 Å². The Morgan fingerprint density at radius 2 is 0.842 bits per heavy atom. The zero-order valence-electron chi connectivity index (χ0n) is 30.4. The maximum absolute atomic E-state index is 5.03. The van der Waals surface area contributed by atoms with E-state index in [1.54, 1.807) is 0 Å². The van der Waals surface area contributed by atoms with E-state index in [-0.39, 0.29) is 0 Å². The third-order valence-corrected chi connectivity index (χ3v) is 13.3. The van der Waals surface area contributed by atoms with Crippen molar-refractivity contribution in [2.24, 2.45) is 0 Å². The highest BCUT2D eigenvalue weighted by Gasteiger charge is 2.18. The first kappa shape index (κ1) is 32.3. The fourth-order valence-corrected chi connectivity index (χ4v) is 10.6. The van der Waals surface area contributed by atoms with Crippen molar-refractivity contribution >= 4 is 84.8 Å². The maximum atomic E-state index is 5.03. The normalized spacial score (nSPS) is 11.9. The summed E-state index contributed by atoms with van der Waals surface area (Å²) in [5, 5.41) is 7.55. The molecule has 0 unspecified atom stereocenters. The minimum absolute atomic E-state index is 0.661. The lowest BCUT2D eigenvalue weighted by molar-refractivity contribution is 1.07. The molecule has 0 aliphatic heterocycles. The van der Waals surface area contributed by atoms with E-state index >= 15 is 0 Å². The van der Waals surface area contributed by atoms with Crippen LogP contribution in [0.25, 0.3) is 113 Å². The van der Waals surface area contributed by atoms with Gasteiger partial charge in [-0.25, -0.2) is 15.0 Å². The quantitative estimate of drug-likeness (QED) is 0.175. The molecule has 0 spiro atoms. The average molecular weight is 763 g/mol. The van der Waals surface area contributed by atoms with Crippen LogP contribution in [0.1, 0.15) is 0 Å². The van der Waals surface area contributed by atoms with Crippen LogP contribution in [0.2, 0.25) is 0 Å². The van der Waals surface area contributed by atoms with E-state index in [4.69, 9.17) is 15.0 Å². The molecule has 0 radical (unpaired) electrons. The smallest absolute Gasteiger partial charge is 0.164 e. The summed E-state index contributed by atoms with van der Waals surface area (Å²) >= 11 is 3.69. The van der Waals surface area contributed by atoms with E-state index in [1.165, 1.54) is 79.0 Å². The summed E-state index contributed by atoms with van der Waals surface area (Å²) in [6.45, 7) is 0. The van der Waals surface area contributed by atoms with E-state index < -0.39 is 0 Å². The van der Waals surface area contributed by atoms with Crippen LogP contribution >= 0.6 is 22.7 Å². The Hall–Kier alpha value is -6.99. The van der Waals surface area contributed by atoms with E-state index in [2.05, 4.69) is 126 Å². The second kappa shape index (κ2) is 12.8. The van der Waals surface area contributed by atoms with E-state index in [0.29, 0.717) is 17.5 Å². The minimum atomic E-state index is 0.661. The molecule has 57 heavy (non-hydrogen) atoms. The molecule has 0 aliphatic carbocycles. The summed E-state index contributed by atoms with van der Waals surface area (Å²) in [6.07, 6.45) is 0. The molecular formula is C51H30N4S2. The van der Waals surface area contributed by atoms with Gasteiger partial charge in [0.15, 0.2) is 17.5 Å². The minimum Gasteiger partial charge on any atom is -0.309 e. The molecule has 12 rings (SSSR count). The Kier molecular flexibility index (Phi) is 7.24. The first-order chi connectivity index (χ1) is 28.2. The number of hydrogen-bond acceptors (Lipinski definition) is 5. The van der Waals surface area contributed by atoms with Crippen molar-refractivity contribution in [2.75, 3.05) is 0 Å². The molecule has 0 fully saturated rings. The van der Waals surface area contributed by atoms with Gasteiger partial charge in [-0.05, 0) is 77.9 Å². The molecule has 4 aromatic heterocycles. The molecule has 4 heterocycles. The molecular weight excluding hydrogens is 733 g/mol. The van der Waals surface area contributed by atoms with Gasteiger partial charge in [-0.1, -0.05) is 115 Å². The number of aromatic nitrogens is 4. The molecule has 0 saturated heterocycles. The third-order valence-electron chi connectivity index (χ3n) is 11.1. The van der Waals surface area contributed by atoms with E-state index in [1.807, 2.05) is 83.3 Å². The van der Waals surface area contributed by atoms with Crippen molar-refractivity contribution in [1.82, 2.24) is 19.5 Å². The molecule has 8 aromatic carbocycles. The molecule has 0 amide bonds. The van der Waals surface area contributed by atoms with Crippen LogP contribution in [-0.2, 0) is 0 Å². The second-order valence-electron chi connectivity index (χ2n) is 14.4. The van der Waals surface area contributed by atoms with Gasteiger partial charge < -0.3 is 4.57 Å². The van der Waals surface area contributed by atoms with Crippen molar-refractivity contribution in [3.8, 4) is 51.0 Å². The molecule has 0 aliphatic rings. The number of hydrogen-bond donors (Lipinski definition) is 0. The average Bonchev–Trinajstić information content (AvgIpc) is 3.95. The van der Waals surface area contributed by atoms with Gasteiger partial charge in [0, 0.05) is 73.5 Å². The Morgan fingerprint density at radius 3 is 1.49 bits per heavy atom. The van der Waals surface area contributed by atoms with Gasteiger partial charge in [0.05, 0.1) is 11.0 Å². The van der Waals surface area contributed by atoms with Gasteiger partial charge in [0.25, 0.3) is 0 Å². The van der Waals surface area contributed by atoms with Crippen molar-refractivity contribution in [1.29, 1.82) is 0 Å². The molecule has 0 N–H and O–H groups in total. The molecule has 266 valence electrons. The lowest BCUT2D eigenvalue weighted by Gasteiger charge is -2.10. The van der Waals surface area contributed by atoms with Crippen LogP contribution in [0.3, 0.4) is 0 Å². The largest absolute Gasteiger partial charge is 0.309 e. The van der Waals surface area contributed by atoms with Crippen LogP contribution in [0, 0.1) is 0 Å². The van der Waals surface area contributed by atoms with Crippen molar-refractivity contribution in [3.63, 3.8) is 0 Å². The number of thiophene rings is 2. The highest BCUT2D eigenvalue weighted by Crippen LogP contribution is 2.44. The zero-order valence-corrected chi connectivity index (χ0v) is 32.1. The molecule has 0 saturated carbocycles. The van der Waals surface area contributed by atoms with Crippen molar-refractivity contribution in [2.45, 2.75) is 0 Å². The predicted molar refractivity (Wildman–Crippen MR) is 242 cm³/mol. The monoisotopic (exact) mass is 762 g/mol. The number of nitrogens with zero attached hydrogens (tertiary/aromatic N) is 4. The second-order valence-corrected chi connectivity index (χ2v) is 16.6. The summed E-state index contributed by atoms with van der Waals surface area (Å²) in [5.74, 6) is 1.98. The van der Waals surface area contributed by atoms with E-state index in [9.17, 15) is 0 Å². The molecule has 0 atom stereocenters. The van der Waals surface area contributed by atoms with Gasteiger partial charge in [-0.3, -0.25) is 0 Å². The number of para-hydroxylation sites is 2. The summed E-state index contributed by atoms with van der Waals surface area (Å²) in [5.41, 5.74) is 8.95. The Morgan fingerprint density at radius 1 is 0.333 bits per heavy atom. The van der Waals surface area contributed by atoms with Crippen LogP contribution < -0.4 is 0 Å². The topological polar surface area (TPSA) is 43.6 Å². The lowest BCUT2D eigenvalue weighted by Crippen LogP contribution is -2.00. The first-order valence-corrected chi connectivity index (χ1v) is 20.6. The number of rotatable bonds is 5. The van der Waals surface area contributed by atoms with Crippen LogP contribution in [0.4, 0.5) is 0 Å². The predicted octanol–water partition coefficient (Wildman–Crippen LogP) is 14.4. The highest BCUT2D eigenvalue weighted by atomic mass is 32.1. The Bertz CT molecular complexity index is 3410. The van der Waals surface area contributed by atoms with Crippen LogP contribution in [0.5, 0.6) is 0 Å². The number of benzene rings is 8. The zero-order chi connectivity index (χ0) is 37.5. The highest BCUT2D eigenvalue weighted by molar-refractivity contribution is 7.26. The molecule has 0 bridgehead atoms. The van der Waals surface area contributed by atoms with Crippen LogP contribution in [-0.4, -0.2) is 19.5 Å². The van der Waals surface area contributed by atoms with Crippen molar-refractivity contribution < 1.29 is 0 Å². The third kappa shape index (κ3) is 5.22. The standard InChI is InChI=1S/C51H30N4S2/c1-3-12-31(13-4-1)49-52-50(32-14-5-2-6-15-32)54-51(53-49)34-23-26-45-40(29-34)39-28-33(22-25-44(39)56-45)36-18-11-21-47-48(36)41-30-35(24-27-46(41)57-47)55-42-19-9-7-16-37(42)38-17-8-10-20-43(38)55/h1-30H. The lowest BCUT2D eigenvalue weighted by atomic mass is 9.97. The molecule has 6 heteroatoms. The fourth-order valence-electron chi connectivity index (χ4n) is 8.42. The van der Waals surface area contributed by atoms with Gasteiger partial charge in [-0.15, -0.1) is 22.7 Å². The Labute approximate surface area is 335 Å². The molecule has 4 nitrogen and oxygen atoms in total. The summed E-state index contributed by atoms with van der Waals surface area (Å²) < 4.78 is 7.48. The molecule has 12 aromatic rings. The SMILES string of the molecule is c1ccc(-c2nc(-c3ccccc3)nc(-c3ccc4sc5ccc(-c6cccc7sc8ccc(-n9c%10ccccc%10c%10ccccc%109)cc8c67)cc5c4c3)n2)cc1. The summed E-state index contributed by atoms with van der Waals surface area (Å²) in [4.78, 5) is 15.0. The number of fused-ring (bicyclic) bond motifs is 9. The maximum Gasteiger partial charge on any atom is 0.164 e.